The molecule has 0 spiro atoms. The van der Waals surface area contributed by atoms with E-state index < -0.39 is 61.4 Å². The highest BCUT2D eigenvalue weighted by atomic mass is 16.8. The minimum atomic E-state index is -0.844. The van der Waals surface area contributed by atoms with Crippen molar-refractivity contribution < 1.29 is 52.1 Å². The van der Waals surface area contributed by atoms with Crippen LogP contribution in [-0.4, -0.2) is 132 Å². The molecule has 2 aliphatic rings. The molecule has 11 heteroatoms. The van der Waals surface area contributed by atoms with E-state index in [-0.39, 0.29) is 13.2 Å². The molecular weight excluding hydrogens is 416 g/mol. The molecule has 0 radical (unpaired) electrons. The monoisotopic (exact) mass is 454 g/mol. The van der Waals surface area contributed by atoms with E-state index in [0.717, 1.165) is 0 Å². The van der Waals surface area contributed by atoms with Crippen molar-refractivity contribution in [1.82, 2.24) is 0 Å². The molecule has 0 bridgehead atoms. The highest BCUT2D eigenvalue weighted by Gasteiger charge is 2.52. The second-order valence-corrected chi connectivity index (χ2v) is 7.33. The molecular formula is C20H38O11. The molecule has 2 saturated heterocycles. The summed E-state index contributed by atoms with van der Waals surface area (Å²) in [5.41, 5.74) is 0. The molecule has 2 aliphatic heterocycles. The molecule has 0 saturated carbocycles. The minimum Gasteiger partial charge on any atom is -0.382 e. The highest BCUT2D eigenvalue weighted by Crippen LogP contribution is 2.33. The molecule has 0 N–H and O–H groups in total. The van der Waals surface area contributed by atoms with Gasteiger partial charge in [0.15, 0.2) is 12.6 Å². The van der Waals surface area contributed by atoms with Gasteiger partial charge in [0.1, 0.15) is 48.8 Å². The van der Waals surface area contributed by atoms with Crippen molar-refractivity contribution in [2.45, 2.75) is 61.4 Å². The first kappa shape index (κ1) is 26.8. The molecule has 31 heavy (non-hydrogen) atoms. The summed E-state index contributed by atoms with van der Waals surface area (Å²) in [5, 5.41) is 0. The standard InChI is InChI=1S/C20H38O11/c1-21-9-11-13(23-3)15(25-5)17(27-7)19(29-11)31-20-18(28-8)16(26-6)14(24-4)12(30-20)10-22-2/h11-20H,9-10H2,1-8H3/t11-,12?,13-,14?,15+,16?,17-,18?,19-,20?/m1/s1. The van der Waals surface area contributed by atoms with Crippen molar-refractivity contribution in [3.05, 3.63) is 0 Å². The number of rotatable bonds is 12. The molecule has 10 atom stereocenters. The summed E-state index contributed by atoms with van der Waals surface area (Å²) in [6, 6.07) is 0. The Kier molecular flexibility index (Phi) is 11.5. The molecule has 0 aliphatic carbocycles. The first-order valence-electron chi connectivity index (χ1n) is 10.2. The van der Waals surface area contributed by atoms with Gasteiger partial charge in [-0.25, -0.2) is 0 Å². The zero-order valence-corrected chi connectivity index (χ0v) is 19.7. The third kappa shape index (κ3) is 5.92. The summed E-state index contributed by atoms with van der Waals surface area (Å²) < 4.78 is 63.1. The lowest BCUT2D eigenvalue weighted by Gasteiger charge is -2.48. The van der Waals surface area contributed by atoms with Crippen LogP contribution in [0.1, 0.15) is 0 Å². The first-order chi connectivity index (χ1) is 15.0. The third-order valence-electron chi connectivity index (χ3n) is 5.75. The third-order valence-corrected chi connectivity index (χ3v) is 5.75. The zero-order valence-electron chi connectivity index (χ0n) is 19.7. The summed E-state index contributed by atoms with van der Waals surface area (Å²) >= 11 is 0. The van der Waals surface area contributed by atoms with E-state index in [2.05, 4.69) is 0 Å². The van der Waals surface area contributed by atoms with E-state index in [4.69, 9.17) is 52.1 Å². The van der Waals surface area contributed by atoms with E-state index in [9.17, 15) is 0 Å². The quantitative estimate of drug-likeness (QED) is 0.393. The highest BCUT2D eigenvalue weighted by molar-refractivity contribution is 4.95. The lowest BCUT2D eigenvalue weighted by atomic mass is 9.97. The maximum absolute atomic E-state index is 6.27. The summed E-state index contributed by atoms with van der Waals surface area (Å²) in [6.45, 7) is 0.569. The minimum absolute atomic E-state index is 0.284. The second-order valence-electron chi connectivity index (χ2n) is 7.33. The Bertz CT molecular complexity index is 454. The fraction of sp³-hybridized carbons (Fsp3) is 1.00. The second kappa shape index (κ2) is 13.3. The van der Waals surface area contributed by atoms with Gasteiger partial charge in [-0.2, -0.15) is 0 Å². The predicted molar refractivity (Wildman–Crippen MR) is 107 cm³/mol. The van der Waals surface area contributed by atoms with E-state index >= 15 is 0 Å². The number of ether oxygens (including phenoxy) is 11. The molecule has 5 unspecified atom stereocenters. The van der Waals surface area contributed by atoms with Gasteiger partial charge in [0, 0.05) is 56.9 Å². The van der Waals surface area contributed by atoms with Gasteiger partial charge >= 0.3 is 0 Å². The average Bonchev–Trinajstić information content (AvgIpc) is 2.78. The summed E-state index contributed by atoms with van der Waals surface area (Å²) in [7, 11) is 12.6. The maximum Gasteiger partial charge on any atom is 0.190 e. The molecule has 2 fully saturated rings. The van der Waals surface area contributed by atoms with Gasteiger partial charge in [-0.15, -0.1) is 0 Å². The van der Waals surface area contributed by atoms with Crippen molar-refractivity contribution in [1.29, 1.82) is 0 Å². The Labute approximate surface area is 184 Å². The molecule has 0 amide bonds. The van der Waals surface area contributed by atoms with Crippen LogP contribution in [0.2, 0.25) is 0 Å². The van der Waals surface area contributed by atoms with Crippen LogP contribution >= 0.6 is 0 Å². The van der Waals surface area contributed by atoms with Crippen molar-refractivity contribution in [2.24, 2.45) is 0 Å². The van der Waals surface area contributed by atoms with Gasteiger partial charge in [-0.1, -0.05) is 0 Å². The van der Waals surface area contributed by atoms with E-state index in [1.54, 1.807) is 56.9 Å². The van der Waals surface area contributed by atoms with Crippen LogP contribution in [0, 0.1) is 0 Å². The van der Waals surface area contributed by atoms with Crippen LogP contribution in [0.25, 0.3) is 0 Å². The topological polar surface area (TPSA) is 102 Å². The lowest BCUT2D eigenvalue weighted by molar-refractivity contribution is -0.384. The SMILES string of the molecule is COCC1OC(O[C@H]2O[C@H](COC)[C@@H](OC)[C@H](OC)[C@H]2OC)C(OC)C(OC)C1OC. The van der Waals surface area contributed by atoms with Gasteiger partial charge in [0.05, 0.1) is 13.2 Å². The van der Waals surface area contributed by atoms with E-state index in [0.29, 0.717) is 0 Å². The number of methoxy groups -OCH3 is 8. The van der Waals surface area contributed by atoms with Gasteiger partial charge in [-0.3, -0.25) is 0 Å². The van der Waals surface area contributed by atoms with Gasteiger partial charge < -0.3 is 52.1 Å². The predicted octanol–water partition coefficient (Wildman–Crippen LogP) is -0.164. The normalized spacial score (nSPS) is 41.4. The molecule has 2 heterocycles. The van der Waals surface area contributed by atoms with Crippen molar-refractivity contribution in [3.8, 4) is 0 Å². The molecule has 184 valence electrons. The van der Waals surface area contributed by atoms with Gasteiger partial charge in [-0.05, 0) is 0 Å². The summed E-state index contributed by atoms with van der Waals surface area (Å²) in [6.07, 6.45) is -5.50. The van der Waals surface area contributed by atoms with Crippen molar-refractivity contribution in [3.63, 3.8) is 0 Å². The molecule has 11 nitrogen and oxygen atoms in total. The molecule has 0 aromatic rings. The fourth-order valence-corrected chi connectivity index (χ4v) is 4.31. The molecule has 2 rings (SSSR count). The van der Waals surface area contributed by atoms with Crippen LogP contribution in [-0.2, 0) is 52.1 Å². The van der Waals surface area contributed by atoms with Gasteiger partial charge in [0.2, 0.25) is 0 Å². The van der Waals surface area contributed by atoms with Gasteiger partial charge in [0.25, 0.3) is 0 Å². The van der Waals surface area contributed by atoms with Crippen LogP contribution in [0.4, 0.5) is 0 Å². The summed E-state index contributed by atoms with van der Waals surface area (Å²) in [5.74, 6) is 0. The van der Waals surface area contributed by atoms with Crippen LogP contribution in [0.5, 0.6) is 0 Å². The fourth-order valence-electron chi connectivity index (χ4n) is 4.31. The van der Waals surface area contributed by atoms with Crippen molar-refractivity contribution in [2.75, 3.05) is 70.1 Å². The molecule has 0 aromatic heterocycles. The Balaban J connectivity index is 2.28. The Morgan fingerprint density at radius 3 is 1.03 bits per heavy atom. The number of hydrogen-bond donors (Lipinski definition) is 0. The van der Waals surface area contributed by atoms with E-state index in [1.165, 1.54) is 0 Å². The zero-order chi connectivity index (χ0) is 23.0. The summed E-state index contributed by atoms with van der Waals surface area (Å²) in [4.78, 5) is 0. The Hall–Kier alpha value is -0.440. The number of hydrogen-bond acceptors (Lipinski definition) is 11. The Morgan fingerprint density at radius 1 is 0.452 bits per heavy atom. The van der Waals surface area contributed by atoms with Crippen LogP contribution < -0.4 is 0 Å². The van der Waals surface area contributed by atoms with Crippen LogP contribution in [0.15, 0.2) is 0 Å². The Morgan fingerprint density at radius 2 is 0.774 bits per heavy atom. The molecule has 0 aromatic carbocycles. The van der Waals surface area contributed by atoms with E-state index in [1.807, 2.05) is 0 Å². The smallest absolute Gasteiger partial charge is 0.190 e. The maximum atomic E-state index is 6.27. The van der Waals surface area contributed by atoms with Crippen molar-refractivity contribution >= 4 is 0 Å². The van der Waals surface area contributed by atoms with Crippen LogP contribution in [0.3, 0.4) is 0 Å². The lowest BCUT2D eigenvalue weighted by Crippen LogP contribution is -2.65. The average molecular weight is 455 g/mol. The first-order valence-corrected chi connectivity index (χ1v) is 10.2. The largest absolute Gasteiger partial charge is 0.382 e.